The van der Waals surface area contributed by atoms with Crippen LogP contribution < -0.4 is 0 Å². The van der Waals surface area contributed by atoms with Gasteiger partial charge in [-0.25, -0.2) is 0 Å². The van der Waals surface area contributed by atoms with Crippen LogP contribution in [0.25, 0.3) is 0 Å². The Kier molecular flexibility index (Phi) is 11.6. The van der Waals surface area contributed by atoms with Crippen molar-refractivity contribution in [1.82, 2.24) is 0 Å². The lowest BCUT2D eigenvalue weighted by atomic mass is 10.1. The van der Waals surface area contributed by atoms with Gasteiger partial charge in [-0.3, -0.25) is 0 Å². The summed E-state index contributed by atoms with van der Waals surface area (Å²) in [4.78, 5) is 0. The third kappa shape index (κ3) is 12.7. The first-order valence-electron chi connectivity index (χ1n) is 5.74. The average molecular weight is 203 g/mol. The predicted molar refractivity (Wildman–Crippen MR) is 66.4 cm³/mol. The maximum Gasteiger partial charge on any atom is 0.0912 e. The maximum atomic E-state index is 8.23. The number of hydrogen-bond donors (Lipinski definition) is 0. The number of unbranched alkanes of at least 4 members (excludes halogenated alkanes) is 5. The molecule has 1 nitrogen and oxygen atoms in total. The lowest BCUT2D eigenvalue weighted by molar-refractivity contribution is 0.652. The predicted octanol–water partition coefficient (Wildman–Crippen LogP) is 4.54. The smallest absolute Gasteiger partial charge is 0.0912 e. The van der Waals surface area contributed by atoms with Crippen LogP contribution in [0.15, 0.2) is 36.5 Å². The molecule has 15 heavy (non-hydrogen) atoms. The molecule has 0 spiro atoms. The van der Waals surface area contributed by atoms with Crippen LogP contribution in [0, 0.1) is 11.3 Å². The lowest BCUT2D eigenvalue weighted by Gasteiger charge is -1.96. The summed E-state index contributed by atoms with van der Waals surface area (Å²) in [6, 6.07) is 1.96. The summed E-state index contributed by atoms with van der Waals surface area (Å²) in [7, 11) is 0. The van der Waals surface area contributed by atoms with Gasteiger partial charge in [0, 0.05) is 6.08 Å². The van der Waals surface area contributed by atoms with Gasteiger partial charge in [-0.05, 0) is 32.6 Å². The van der Waals surface area contributed by atoms with Crippen molar-refractivity contribution in [2.75, 3.05) is 0 Å². The van der Waals surface area contributed by atoms with Crippen LogP contribution in [0.3, 0.4) is 0 Å². The summed E-state index contributed by atoms with van der Waals surface area (Å²) in [6.45, 7) is 2.07. The highest BCUT2D eigenvalue weighted by Crippen LogP contribution is 2.06. The molecule has 0 rings (SSSR count). The van der Waals surface area contributed by atoms with Gasteiger partial charge in [-0.1, -0.05) is 43.2 Å². The highest BCUT2D eigenvalue weighted by atomic mass is 14.2. The minimum absolute atomic E-state index is 1.12. The van der Waals surface area contributed by atoms with E-state index < -0.39 is 0 Å². The molecular weight excluding hydrogens is 182 g/mol. The van der Waals surface area contributed by atoms with Crippen LogP contribution in [0.5, 0.6) is 0 Å². The van der Waals surface area contributed by atoms with E-state index in [2.05, 4.69) is 25.2 Å². The first kappa shape index (κ1) is 13.7. The van der Waals surface area contributed by atoms with Gasteiger partial charge in [0.2, 0.25) is 0 Å². The average Bonchev–Trinajstić information content (AvgIpc) is 2.26. The van der Waals surface area contributed by atoms with Crippen LogP contribution >= 0.6 is 0 Å². The minimum Gasteiger partial charge on any atom is -0.193 e. The van der Waals surface area contributed by atoms with Crippen molar-refractivity contribution in [3.8, 4) is 6.07 Å². The summed E-state index contributed by atoms with van der Waals surface area (Å²) in [5.74, 6) is 0. The van der Waals surface area contributed by atoms with Crippen molar-refractivity contribution >= 4 is 0 Å². The molecule has 0 atom stereocenters. The topological polar surface area (TPSA) is 23.8 Å². The van der Waals surface area contributed by atoms with Crippen LogP contribution in [0.1, 0.15) is 45.4 Å². The molecule has 0 fully saturated rings. The van der Waals surface area contributed by atoms with Crippen molar-refractivity contribution < 1.29 is 0 Å². The molecule has 0 aromatic rings. The van der Waals surface area contributed by atoms with Gasteiger partial charge in [0.25, 0.3) is 0 Å². The zero-order valence-electron chi connectivity index (χ0n) is 9.65. The Hall–Kier alpha value is -1.29. The summed E-state index contributed by atoms with van der Waals surface area (Å²) in [5.41, 5.74) is 0. The van der Waals surface area contributed by atoms with Crippen LogP contribution in [0.2, 0.25) is 0 Å². The second-order valence-corrected chi connectivity index (χ2v) is 3.48. The fourth-order valence-corrected chi connectivity index (χ4v) is 1.32. The van der Waals surface area contributed by atoms with Gasteiger partial charge in [0.1, 0.15) is 0 Å². The third-order valence-electron chi connectivity index (χ3n) is 2.15. The molecule has 0 N–H and O–H groups in total. The molecule has 0 aromatic carbocycles. The molecule has 0 amide bonds. The van der Waals surface area contributed by atoms with Crippen LogP contribution in [-0.2, 0) is 0 Å². The van der Waals surface area contributed by atoms with E-state index in [4.69, 9.17) is 5.26 Å². The first-order valence-corrected chi connectivity index (χ1v) is 5.74. The van der Waals surface area contributed by atoms with E-state index in [9.17, 15) is 0 Å². The Morgan fingerprint density at radius 2 is 1.60 bits per heavy atom. The quantitative estimate of drug-likeness (QED) is 0.246. The molecule has 0 saturated heterocycles. The number of rotatable bonds is 8. The lowest BCUT2D eigenvalue weighted by Crippen LogP contribution is -1.76. The largest absolute Gasteiger partial charge is 0.193 e. The molecule has 0 aliphatic heterocycles. The summed E-state index contributed by atoms with van der Waals surface area (Å²) in [6.07, 6.45) is 19.2. The van der Waals surface area contributed by atoms with Gasteiger partial charge in [-0.2, -0.15) is 5.26 Å². The van der Waals surface area contributed by atoms with Gasteiger partial charge in [0.15, 0.2) is 0 Å². The second kappa shape index (κ2) is 12.7. The molecule has 0 radical (unpaired) electrons. The third-order valence-corrected chi connectivity index (χ3v) is 2.15. The number of nitriles is 1. The fourth-order valence-electron chi connectivity index (χ4n) is 1.32. The molecule has 0 saturated carbocycles. The molecule has 0 heterocycles. The second-order valence-electron chi connectivity index (χ2n) is 3.48. The molecule has 0 aliphatic carbocycles. The SMILES string of the molecule is C/C=C/CCCCCC/C=C/C=C/C#N. The van der Waals surface area contributed by atoms with E-state index in [1.54, 1.807) is 6.08 Å². The normalized spacial score (nSPS) is 11.7. The molecular formula is C14H21N. The highest BCUT2D eigenvalue weighted by molar-refractivity contribution is 5.11. The zero-order chi connectivity index (χ0) is 11.2. The van der Waals surface area contributed by atoms with Crippen molar-refractivity contribution in [1.29, 1.82) is 5.26 Å². The minimum atomic E-state index is 1.12. The van der Waals surface area contributed by atoms with Crippen molar-refractivity contribution in [2.45, 2.75) is 45.4 Å². The Bertz CT molecular complexity index is 241. The molecule has 0 aliphatic rings. The van der Waals surface area contributed by atoms with E-state index >= 15 is 0 Å². The standard InChI is InChI=1S/C14H21N/c1-2-3-4-5-6-7-8-9-10-11-12-13-14-15/h2-3,10-13H,4-9H2,1H3/b3-2+,11-10+,13-12+. The summed E-state index contributed by atoms with van der Waals surface area (Å²) in [5, 5.41) is 8.23. The van der Waals surface area contributed by atoms with Crippen LogP contribution in [-0.4, -0.2) is 0 Å². The molecule has 0 bridgehead atoms. The molecule has 0 unspecified atom stereocenters. The van der Waals surface area contributed by atoms with Crippen LogP contribution in [0.4, 0.5) is 0 Å². The van der Waals surface area contributed by atoms with Gasteiger partial charge < -0.3 is 0 Å². The summed E-state index contributed by atoms with van der Waals surface area (Å²) >= 11 is 0. The van der Waals surface area contributed by atoms with Crippen molar-refractivity contribution in [3.63, 3.8) is 0 Å². The summed E-state index contributed by atoms with van der Waals surface area (Å²) < 4.78 is 0. The van der Waals surface area contributed by atoms with E-state index in [0.29, 0.717) is 0 Å². The number of nitrogens with zero attached hydrogens (tertiary/aromatic N) is 1. The fraction of sp³-hybridized carbons (Fsp3) is 0.500. The zero-order valence-corrected chi connectivity index (χ0v) is 9.65. The molecule has 0 aromatic heterocycles. The molecule has 82 valence electrons. The monoisotopic (exact) mass is 203 g/mol. The van der Waals surface area contributed by atoms with Gasteiger partial charge >= 0.3 is 0 Å². The molecule has 1 heteroatoms. The highest BCUT2D eigenvalue weighted by Gasteiger charge is 1.86. The Balaban J connectivity index is 3.15. The Labute approximate surface area is 93.8 Å². The first-order chi connectivity index (χ1) is 7.41. The van der Waals surface area contributed by atoms with Crippen molar-refractivity contribution in [3.05, 3.63) is 36.5 Å². The van der Waals surface area contributed by atoms with Crippen molar-refractivity contribution in [2.24, 2.45) is 0 Å². The Morgan fingerprint density at radius 3 is 2.20 bits per heavy atom. The van der Waals surface area contributed by atoms with Gasteiger partial charge in [-0.15, -0.1) is 0 Å². The van der Waals surface area contributed by atoms with E-state index in [1.165, 1.54) is 38.2 Å². The van der Waals surface area contributed by atoms with E-state index in [-0.39, 0.29) is 0 Å². The number of allylic oxidation sites excluding steroid dienone is 6. The van der Waals surface area contributed by atoms with Gasteiger partial charge in [0.05, 0.1) is 6.07 Å². The maximum absolute atomic E-state index is 8.23. The van der Waals surface area contributed by atoms with E-state index in [1.807, 2.05) is 12.1 Å². The van der Waals surface area contributed by atoms with E-state index in [0.717, 1.165) is 6.42 Å². The number of hydrogen-bond acceptors (Lipinski definition) is 1. The Morgan fingerprint density at radius 1 is 0.933 bits per heavy atom.